The number of hydrogen-bond donors (Lipinski definition) is 1. The summed E-state index contributed by atoms with van der Waals surface area (Å²) in [6, 6.07) is 11.2. The first kappa shape index (κ1) is 13.6. The maximum absolute atomic E-state index is 12.0. The number of aryl methyl sites for hydroxylation is 1. The van der Waals surface area contributed by atoms with Crippen molar-refractivity contribution in [3.8, 4) is 5.75 Å². The van der Waals surface area contributed by atoms with Crippen molar-refractivity contribution in [3.05, 3.63) is 63.3 Å². The van der Waals surface area contributed by atoms with E-state index in [1.54, 1.807) is 13.0 Å². The molecule has 0 aliphatic rings. The molecule has 0 saturated heterocycles. The molecule has 2 heterocycles. The second kappa shape index (κ2) is 5.54. The molecule has 5 nitrogen and oxygen atoms in total. The van der Waals surface area contributed by atoms with Crippen molar-refractivity contribution in [2.75, 3.05) is 0 Å². The van der Waals surface area contributed by atoms with Crippen LogP contribution in [0.25, 0.3) is 11.0 Å². The molecule has 6 heteroatoms. The Kier molecular flexibility index (Phi) is 3.58. The highest BCUT2D eigenvalue weighted by Crippen LogP contribution is 2.21. The van der Waals surface area contributed by atoms with Gasteiger partial charge in [-0.1, -0.05) is 41.9 Å². The van der Waals surface area contributed by atoms with Crippen molar-refractivity contribution in [3.63, 3.8) is 0 Å². The van der Waals surface area contributed by atoms with Crippen molar-refractivity contribution in [1.82, 2.24) is 15.0 Å². The SMILES string of the molecule is Cc1nc(Cl)c2cc(OCc3ccccc3)c(=O)[nH]c2n1. The van der Waals surface area contributed by atoms with Gasteiger partial charge >= 0.3 is 0 Å². The maximum Gasteiger partial charge on any atom is 0.291 e. The van der Waals surface area contributed by atoms with Crippen LogP contribution < -0.4 is 10.3 Å². The average Bonchev–Trinajstić information content (AvgIpc) is 2.46. The van der Waals surface area contributed by atoms with E-state index in [0.717, 1.165) is 5.56 Å². The predicted octanol–water partition coefficient (Wildman–Crippen LogP) is 2.86. The van der Waals surface area contributed by atoms with Crippen molar-refractivity contribution >= 4 is 22.6 Å². The lowest BCUT2D eigenvalue weighted by atomic mass is 10.2. The summed E-state index contributed by atoms with van der Waals surface area (Å²) in [6.07, 6.45) is 0. The van der Waals surface area contributed by atoms with E-state index in [2.05, 4.69) is 15.0 Å². The molecular weight excluding hydrogens is 290 g/mol. The lowest BCUT2D eigenvalue weighted by molar-refractivity contribution is 0.302. The van der Waals surface area contributed by atoms with E-state index in [9.17, 15) is 4.79 Å². The van der Waals surface area contributed by atoms with Gasteiger partial charge < -0.3 is 9.72 Å². The van der Waals surface area contributed by atoms with E-state index in [1.807, 2.05) is 30.3 Å². The summed E-state index contributed by atoms with van der Waals surface area (Å²) in [6.45, 7) is 2.02. The summed E-state index contributed by atoms with van der Waals surface area (Å²) < 4.78 is 5.56. The summed E-state index contributed by atoms with van der Waals surface area (Å²) in [5.74, 6) is 0.696. The molecule has 0 fully saturated rings. The molecule has 0 spiro atoms. The molecule has 2 aromatic heterocycles. The number of nitrogens with zero attached hydrogens (tertiary/aromatic N) is 2. The van der Waals surface area contributed by atoms with Gasteiger partial charge in [0.25, 0.3) is 5.56 Å². The molecule has 21 heavy (non-hydrogen) atoms. The van der Waals surface area contributed by atoms with Crippen LogP contribution >= 0.6 is 11.6 Å². The molecule has 0 unspecified atom stereocenters. The van der Waals surface area contributed by atoms with Gasteiger partial charge in [0, 0.05) is 0 Å². The molecule has 106 valence electrons. The van der Waals surface area contributed by atoms with Crippen LogP contribution in [-0.2, 0) is 6.61 Å². The fourth-order valence-corrected chi connectivity index (χ4v) is 2.24. The van der Waals surface area contributed by atoms with Gasteiger partial charge in [0.15, 0.2) is 5.75 Å². The van der Waals surface area contributed by atoms with E-state index >= 15 is 0 Å². The number of aromatic amines is 1. The van der Waals surface area contributed by atoms with Crippen LogP contribution in [0.5, 0.6) is 5.75 Å². The van der Waals surface area contributed by atoms with Crippen LogP contribution in [0, 0.1) is 6.92 Å². The third kappa shape index (κ3) is 2.87. The second-order valence-electron chi connectivity index (χ2n) is 4.56. The molecule has 1 N–H and O–H groups in total. The van der Waals surface area contributed by atoms with E-state index in [-0.39, 0.29) is 11.3 Å². The maximum atomic E-state index is 12.0. The number of rotatable bonds is 3. The first-order valence-corrected chi connectivity index (χ1v) is 6.75. The van der Waals surface area contributed by atoms with Gasteiger partial charge in [0.05, 0.1) is 5.39 Å². The highest BCUT2D eigenvalue weighted by Gasteiger charge is 2.09. The number of hydrogen-bond acceptors (Lipinski definition) is 4. The summed E-state index contributed by atoms with van der Waals surface area (Å²) in [4.78, 5) is 22.9. The average molecular weight is 302 g/mol. The van der Waals surface area contributed by atoms with E-state index in [1.165, 1.54) is 0 Å². The lowest BCUT2D eigenvalue weighted by Gasteiger charge is -2.07. The van der Waals surface area contributed by atoms with Crippen molar-refractivity contribution in [2.24, 2.45) is 0 Å². The molecule has 0 bridgehead atoms. The van der Waals surface area contributed by atoms with Gasteiger partial charge in [-0.05, 0) is 18.6 Å². The molecular formula is C15H12ClN3O2. The fourth-order valence-electron chi connectivity index (χ4n) is 1.98. The first-order chi connectivity index (χ1) is 10.1. The Morgan fingerprint density at radius 2 is 2.00 bits per heavy atom. The van der Waals surface area contributed by atoms with E-state index in [0.29, 0.717) is 28.6 Å². The highest BCUT2D eigenvalue weighted by atomic mass is 35.5. The zero-order valence-electron chi connectivity index (χ0n) is 11.3. The summed E-state index contributed by atoms with van der Waals surface area (Å²) in [7, 11) is 0. The second-order valence-corrected chi connectivity index (χ2v) is 4.92. The minimum Gasteiger partial charge on any atom is -0.483 e. The van der Waals surface area contributed by atoms with Gasteiger partial charge in [-0.2, -0.15) is 0 Å². The minimum atomic E-state index is -0.340. The Bertz CT molecular complexity index is 847. The number of pyridine rings is 1. The highest BCUT2D eigenvalue weighted by molar-refractivity contribution is 6.33. The molecule has 1 aromatic carbocycles. The number of aromatic nitrogens is 3. The number of halogens is 1. The van der Waals surface area contributed by atoms with Gasteiger partial charge in [-0.15, -0.1) is 0 Å². The molecule has 3 rings (SSSR count). The summed E-state index contributed by atoms with van der Waals surface area (Å²) in [5.41, 5.74) is 1.04. The van der Waals surface area contributed by atoms with E-state index in [4.69, 9.17) is 16.3 Å². The first-order valence-electron chi connectivity index (χ1n) is 6.37. The van der Waals surface area contributed by atoms with E-state index < -0.39 is 0 Å². The van der Waals surface area contributed by atoms with Crippen molar-refractivity contribution in [1.29, 1.82) is 0 Å². The van der Waals surface area contributed by atoms with Gasteiger partial charge in [-0.3, -0.25) is 4.79 Å². The molecule has 0 aliphatic heterocycles. The summed E-state index contributed by atoms with van der Waals surface area (Å²) in [5, 5.41) is 0.850. The van der Waals surface area contributed by atoms with Gasteiger partial charge in [-0.25, -0.2) is 9.97 Å². The van der Waals surface area contributed by atoms with Crippen molar-refractivity contribution in [2.45, 2.75) is 13.5 Å². The Morgan fingerprint density at radius 1 is 1.24 bits per heavy atom. The Morgan fingerprint density at radius 3 is 2.76 bits per heavy atom. The number of fused-ring (bicyclic) bond motifs is 1. The van der Waals surface area contributed by atoms with Crippen LogP contribution in [0.1, 0.15) is 11.4 Å². The molecule has 3 aromatic rings. The monoisotopic (exact) mass is 301 g/mol. The Hall–Kier alpha value is -2.40. The Balaban J connectivity index is 1.96. The lowest BCUT2D eigenvalue weighted by Crippen LogP contribution is -2.12. The van der Waals surface area contributed by atoms with Crippen LogP contribution in [-0.4, -0.2) is 15.0 Å². The Labute approximate surface area is 125 Å². The zero-order valence-corrected chi connectivity index (χ0v) is 12.0. The predicted molar refractivity (Wildman–Crippen MR) is 80.7 cm³/mol. The van der Waals surface area contributed by atoms with Crippen LogP contribution in [0.15, 0.2) is 41.2 Å². The smallest absolute Gasteiger partial charge is 0.291 e. The molecule has 0 aliphatic carbocycles. The van der Waals surface area contributed by atoms with Crippen molar-refractivity contribution < 1.29 is 4.74 Å². The minimum absolute atomic E-state index is 0.195. The molecule has 0 amide bonds. The topological polar surface area (TPSA) is 67.9 Å². The summed E-state index contributed by atoms with van der Waals surface area (Å²) >= 11 is 6.08. The van der Waals surface area contributed by atoms with Gasteiger partial charge in [0.2, 0.25) is 0 Å². The third-order valence-electron chi connectivity index (χ3n) is 2.98. The van der Waals surface area contributed by atoms with Gasteiger partial charge in [0.1, 0.15) is 23.2 Å². The molecule has 0 atom stereocenters. The van der Waals surface area contributed by atoms with Crippen LogP contribution in [0.4, 0.5) is 0 Å². The standard InChI is InChI=1S/C15H12ClN3O2/c1-9-17-13(16)11-7-12(15(20)19-14(11)18-9)21-8-10-5-3-2-4-6-10/h2-7H,8H2,1H3,(H,17,18,19,20). The number of ether oxygens (including phenoxy) is 1. The zero-order chi connectivity index (χ0) is 14.8. The number of benzene rings is 1. The number of nitrogens with one attached hydrogen (secondary N) is 1. The van der Waals surface area contributed by atoms with Crippen LogP contribution in [0.3, 0.4) is 0 Å². The molecule has 0 saturated carbocycles. The fraction of sp³-hybridized carbons (Fsp3) is 0.133. The number of H-pyrrole nitrogens is 1. The van der Waals surface area contributed by atoms with Crippen LogP contribution in [0.2, 0.25) is 5.15 Å². The largest absolute Gasteiger partial charge is 0.483 e. The normalized spacial score (nSPS) is 10.8. The third-order valence-corrected chi connectivity index (χ3v) is 3.27. The molecule has 0 radical (unpaired) electrons. The quantitative estimate of drug-likeness (QED) is 0.755.